The number of nitrogens with two attached hydrogens (primary N) is 1. The summed E-state index contributed by atoms with van der Waals surface area (Å²) in [6, 6.07) is 19.8. The summed E-state index contributed by atoms with van der Waals surface area (Å²) < 4.78 is 0. The quantitative estimate of drug-likeness (QED) is 0.511. The van der Waals surface area contributed by atoms with Crippen LogP contribution in [0.3, 0.4) is 0 Å². The Morgan fingerprint density at radius 2 is 1.12 bits per heavy atom. The molecule has 2 rings (SSSR count). The molecule has 0 fully saturated rings. The molecule has 2 aromatic rings. The van der Waals surface area contributed by atoms with E-state index in [2.05, 4.69) is 5.10 Å². The number of nitrogens with zero attached hydrogens (tertiary/aromatic N) is 1. The average Bonchev–Trinajstić information content (AvgIpc) is 2.33. The summed E-state index contributed by atoms with van der Waals surface area (Å²) in [6.45, 7) is 0. The molecule has 0 amide bonds. The fourth-order valence-corrected chi connectivity index (χ4v) is 1.51. The van der Waals surface area contributed by atoms with Crippen LogP contribution in [0.1, 0.15) is 11.1 Å². The second-order valence-corrected chi connectivity index (χ2v) is 3.21. The summed E-state index contributed by atoms with van der Waals surface area (Å²) in [6.07, 6.45) is 0. The molecule has 0 spiro atoms. The van der Waals surface area contributed by atoms with Gasteiger partial charge in [0.2, 0.25) is 0 Å². The first-order valence-electron chi connectivity index (χ1n) is 4.80. The fraction of sp³-hybridized carbons (Fsp3) is 0. The molecule has 82 valence electrons. The van der Waals surface area contributed by atoms with E-state index in [-0.39, 0.29) is 17.0 Å². The first kappa shape index (κ1) is 12.5. The number of benzene rings is 2. The third-order valence-electron chi connectivity index (χ3n) is 2.22. The van der Waals surface area contributed by atoms with Crippen LogP contribution in [-0.2, 0) is 0 Å². The molecule has 16 heavy (non-hydrogen) atoms. The zero-order valence-electron chi connectivity index (χ0n) is 8.71. The number of rotatable bonds is 2. The van der Waals surface area contributed by atoms with Crippen molar-refractivity contribution in [1.29, 1.82) is 0 Å². The fourth-order valence-electron chi connectivity index (χ4n) is 1.51. The van der Waals surface area contributed by atoms with Crippen LogP contribution in [-0.4, -0.2) is 5.71 Å². The lowest BCUT2D eigenvalue weighted by Gasteiger charge is -2.04. The van der Waals surface area contributed by atoms with Gasteiger partial charge >= 0.3 is 0 Å². The predicted molar refractivity (Wildman–Crippen MR) is 73.0 cm³/mol. The molecule has 0 atom stereocenters. The van der Waals surface area contributed by atoms with E-state index in [1.54, 1.807) is 0 Å². The largest absolute Gasteiger partial charge is 0.323 e. The highest BCUT2D eigenvalue weighted by Gasteiger charge is 2.04. The maximum absolute atomic E-state index is 5.42. The monoisotopic (exact) mass is 276 g/mol. The Bertz CT molecular complexity index is 410. The summed E-state index contributed by atoms with van der Waals surface area (Å²) in [5.74, 6) is 5.42. The Hall–Kier alpha value is -1.61. The lowest BCUT2D eigenvalue weighted by Crippen LogP contribution is -2.05. The second-order valence-electron chi connectivity index (χ2n) is 3.21. The summed E-state index contributed by atoms with van der Waals surface area (Å²) in [5.41, 5.74) is 2.88. The third kappa shape index (κ3) is 2.70. The van der Waals surface area contributed by atoms with Crippen LogP contribution in [0.2, 0.25) is 0 Å². The number of halogens is 1. The van der Waals surface area contributed by atoms with Gasteiger partial charge in [-0.05, 0) is 0 Å². The second kappa shape index (κ2) is 6.08. The van der Waals surface area contributed by atoms with Gasteiger partial charge in [0.25, 0.3) is 0 Å². The van der Waals surface area contributed by atoms with Gasteiger partial charge in [-0.25, -0.2) is 0 Å². The maximum atomic E-state index is 5.42. The highest BCUT2D eigenvalue weighted by Crippen LogP contribution is 2.09. The van der Waals surface area contributed by atoms with Gasteiger partial charge in [-0.3, -0.25) is 0 Å². The minimum absolute atomic E-state index is 0. The third-order valence-corrected chi connectivity index (χ3v) is 2.22. The molecule has 0 heterocycles. The van der Waals surface area contributed by atoms with Gasteiger partial charge in [0.15, 0.2) is 0 Å². The predicted octanol–water partition coefficient (Wildman–Crippen LogP) is 2.98. The molecule has 2 N–H and O–H groups in total. The Morgan fingerprint density at radius 1 is 0.750 bits per heavy atom. The van der Waals surface area contributed by atoms with Gasteiger partial charge < -0.3 is 5.84 Å². The standard InChI is InChI=1S/C13H12N2.BrH/c14-15-13(11-7-3-1-4-8-11)12-9-5-2-6-10-12;/h1-10H,14H2;1H. The van der Waals surface area contributed by atoms with E-state index in [9.17, 15) is 0 Å². The molecule has 0 aliphatic rings. The van der Waals surface area contributed by atoms with Crippen LogP contribution >= 0.6 is 17.0 Å². The van der Waals surface area contributed by atoms with Crippen molar-refractivity contribution in [3.8, 4) is 0 Å². The molecule has 0 unspecified atom stereocenters. The average molecular weight is 277 g/mol. The molecule has 0 bridgehead atoms. The van der Waals surface area contributed by atoms with E-state index >= 15 is 0 Å². The van der Waals surface area contributed by atoms with Crippen molar-refractivity contribution < 1.29 is 0 Å². The summed E-state index contributed by atoms with van der Waals surface area (Å²) in [5, 5.41) is 3.85. The summed E-state index contributed by atoms with van der Waals surface area (Å²) in [4.78, 5) is 0. The highest BCUT2D eigenvalue weighted by atomic mass is 79.9. The maximum Gasteiger partial charge on any atom is 0.0971 e. The van der Waals surface area contributed by atoms with Gasteiger partial charge in [-0.2, -0.15) is 5.10 Å². The zero-order chi connectivity index (χ0) is 10.5. The van der Waals surface area contributed by atoms with Crippen LogP contribution in [0.15, 0.2) is 65.8 Å². The van der Waals surface area contributed by atoms with Crippen molar-refractivity contribution in [2.45, 2.75) is 0 Å². The highest BCUT2D eigenvalue weighted by molar-refractivity contribution is 8.93. The topological polar surface area (TPSA) is 38.4 Å². The summed E-state index contributed by atoms with van der Waals surface area (Å²) >= 11 is 0. The van der Waals surface area contributed by atoms with Gasteiger partial charge in [0.05, 0.1) is 5.71 Å². The van der Waals surface area contributed by atoms with E-state index in [0.717, 1.165) is 16.8 Å². The minimum atomic E-state index is 0. The number of hydrazone groups is 1. The molecular formula is C13H13BrN2. The zero-order valence-corrected chi connectivity index (χ0v) is 10.4. The van der Waals surface area contributed by atoms with E-state index in [4.69, 9.17) is 5.84 Å². The van der Waals surface area contributed by atoms with Crippen molar-refractivity contribution in [2.75, 3.05) is 0 Å². The molecule has 0 radical (unpaired) electrons. The smallest absolute Gasteiger partial charge is 0.0971 e. The first-order chi connectivity index (χ1) is 7.42. The van der Waals surface area contributed by atoms with Gasteiger partial charge in [-0.1, -0.05) is 60.7 Å². The Kier molecular flexibility index (Phi) is 4.73. The van der Waals surface area contributed by atoms with Crippen molar-refractivity contribution in [2.24, 2.45) is 10.9 Å². The van der Waals surface area contributed by atoms with Gasteiger partial charge in [-0.15, -0.1) is 17.0 Å². The van der Waals surface area contributed by atoms with Crippen LogP contribution in [0, 0.1) is 0 Å². The van der Waals surface area contributed by atoms with Crippen LogP contribution in [0.4, 0.5) is 0 Å². The van der Waals surface area contributed by atoms with E-state index < -0.39 is 0 Å². The van der Waals surface area contributed by atoms with Gasteiger partial charge in [0.1, 0.15) is 0 Å². The molecule has 0 aromatic heterocycles. The van der Waals surface area contributed by atoms with Crippen molar-refractivity contribution in [3.63, 3.8) is 0 Å². The minimum Gasteiger partial charge on any atom is -0.323 e. The molecule has 2 aromatic carbocycles. The van der Waals surface area contributed by atoms with Crippen LogP contribution in [0.25, 0.3) is 0 Å². The lowest BCUT2D eigenvalue weighted by molar-refractivity contribution is 1.24. The SMILES string of the molecule is Br.NN=C(c1ccccc1)c1ccccc1. The van der Waals surface area contributed by atoms with Crippen molar-refractivity contribution >= 4 is 22.7 Å². The van der Waals surface area contributed by atoms with Crippen molar-refractivity contribution in [1.82, 2.24) is 0 Å². The van der Waals surface area contributed by atoms with Crippen LogP contribution < -0.4 is 5.84 Å². The summed E-state index contributed by atoms with van der Waals surface area (Å²) in [7, 11) is 0. The van der Waals surface area contributed by atoms with E-state index in [0.29, 0.717) is 0 Å². The number of hydrogen-bond donors (Lipinski definition) is 1. The molecule has 3 heteroatoms. The molecule has 0 saturated heterocycles. The Balaban J connectivity index is 0.00000128. The van der Waals surface area contributed by atoms with Crippen LogP contribution in [0.5, 0.6) is 0 Å². The first-order valence-corrected chi connectivity index (χ1v) is 4.80. The normalized spacial score (nSPS) is 9.00. The molecule has 2 nitrogen and oxygen atoms in total. The molecule has 0 aliphatic heterocycles. The molecule has 0 saturated carbocycles. The van der Waals surface area contributed by atoms with Gasteiger partial charge in [0, 0.05) is 11.1 Å². The lowest BCUT2D eigenvalue weighted by atomic mass is 10.0. The Labute approximate surface area is 106 Å². The van der Waals surface area contributed by atoms with Crippen molar-refractivity contribution in [3.05, 3.63) is 71.8 Å². The Morgan fingerprint density at radius 3 is 1.44 bits per heavy atom. The number of hydrogen-bond acceptors (Lipinski definition) is 2. The molecule has 0 aliphatic carbocycles. The van der Waals surface area contributed by atoms with E-state index in [1.807, 2.05) is 60.7 Å². The van der Waals surface area contributed by atoms with E-state index in [1.165, 1.54) is 0 Å². The molecular weight excluding hydrogens is 264 g/mol.